The largest absolute Gasteiger partial charge is 0.457 e. The molecule has 174 valence electrons. The monoisotopic (exact) mass is 458 g/mol. The maximum atomic E-state index is 6.70. The van der Waals surface area contributed by atoms with Gasteiger partial charge in [-0.3, -0.25) is 0 Å². The lowest BCUT2D eigenvalue weighted by atomic mass is 9.64. The number of ether oxygens (including phenoxy) is 1. The predicted molar refractivity (Wildman–Crippen MR) is 145 cm³/mol. The molecule has 1 heterocycles. The van der Waals surface area contributed by atoms with E-state index in [4.69, 9.17) is 9.39 Å². The van der Waals surface area contributed by atoms with E-state index in [0.29, 0.717) is 7.48 Å². The summed E-state index contributed by atoms with van der Waals surface area (Å²) in [7, 11) is 0.495. The van der Waals surface area contributed by atoms with Gasteiger partial charge in [0.2, 0.25) is 0 Å². The van der Waals surface area contributed by atoms with Crippen LogP contribution in [-0.4, -0.2) is 13.1 Å². The van der Waals surface area contributed by atoms with Crippen molar-refractivity contribution >= 4 is 12.9 Å². The normalized spacial score (nSPS) is 15.0. The highest BCUT2D eigenvalue weighted by molar-refractivity contribution is 6.48. The van der Waals surface area contributed by atoms with Crippen LogP contribution in [0.3, 0.4) is 0 Å². The van der Waals surface area contributed by atoms with E-state index in [1.54, 1.807) is 0 Å². The Morgan fingerprint density at radius 2 is 1.17 bits per heavy atom. The molecule has 0 saturated carbocycles. The lowest BCUT2D eigenvalue weighted by Crippen LogP contribution is -2.43. The standard InChI is InChI=1S/C32H31BO2/c1-30(2,3)31(4,5)35-33-27-19-12-18-26-29(27)34-28-20-11-10-17-25(28)32(26)23-15-8-6-13-21(23)22-14-7-9-16-24(22)32/h6-20,33H,1-5H3. The van der Waals surface area contributed by atoms with E-state index in [2.05, 4.69) is 126 Å². The van der Waals surface area contributed by atoms with Gasteiger partial charge >= 0.3 is 7.48 Å². The summed E-state index contributed by atoms with van der Waals surface area (Å²) in [5.41, 5.74) is 7.97. The maximum Gasteiger partial charge on any atom is 0.313 e. The van der Waals surface area contributed by atoms with Crippen LogP contribution < -0.4 is 10.2 Å². The zero-order valence-electron chi connectivity index (χ0n) is 21.2. The average molecular weight is 458 g/mol. The van der Waals surface area contributed by atoms with Gasteiger partial charge in [0.05, 0.1) is 11.0 Å². The first-order valence-corrected chi connectivity index (χ1v) is 12.5. The molecule has 2 aliphatic rings. The van der Waals surface area contributed by atoms with E-state index < -0.39 is 5.41 Å². The Labute approximate surface area is 209 Å². The summed E-state index contributed by atoms with van der Waals surface area (Å²) >= 11 is 0. The van der Waals surface area contributed by atoms with Crippen LogP contribution in [0.1, 0.15) is 56.9 Å². The number of fused-ring (bicyclic) bond motifs is 9. The van der Waals surface area contributed by atoms with Crippen molar-refractivity contribution in [1.82, 2.24) is 0 Å². The van der Waals surface area contributed by atoms with E-state index in [-0.39, 0.29) is 11.0 Å². The molecule has 0 atom stereocenters. The second-order valence-electron chi connectivity index (χ2n) is 11.3. The zero-order chi connectivity index (χ0) is 24.4. The fourth-order valence-corrected chi connectivity index (χ4v) is 5.52. The Morgan fingerprint density at radius 3 is 1.80 bits per heavy atom. The molecule has 4 aromatic carbocycles. The van der Waals surface area contributed by atoms with Crippen molar-refractivity contribution < 1.29 is 9.39 Å². The van der Waals surface area contributed by atoms with Crippen LogP contribution in [0.15, 0.2) is 91.0 Å². The average Bonchev–Trinajstić information content (AvgIpc) is 3.14. The highest BCUT2D eigenvalue weighted by Gasteiger charge is 2.51. The molecule has 1 spiro atoms. The third-order valence-corrected chi connectivity index (χ3v) is 8.35. The molecule has 0 radical (unpaired) electrons. The molecule has 1 aliphatic heterocycles. The van der Waals surface area contributed by atoms with Gasteiger partial charge in [0.25, 0.3) is 0 Å². The molecule has 1 aliphatic carbocycles. The Kier molecular flexibility index (Phi) is 4.82. The molecule has 6 rings (SSSR count). The van der Waals surface area contributed by atoms with Crippen molar-refractivity contribution in [2.75, 3.05) is 0 Å². The van der Waals surface area contributed by atoms with E-state index in [0.717, 1.165) is 17.0 Å². The van der Waals surface area contributed by atoms with Gasteiger partial charge in [0.1, 0.15) is 11.5 Å². The minimum atomic E-state index is -0.424. The van der Waals surface area contributed by atoms with Crippen molar-refractivity contribution in [2.45, 2.75) is 45.6 Å². The predicted octanol–water partition coefficient (Wildman–Crippen LogP) is 6.97. The third kappa shape index (κ3) is 3.08. The summed E-state index contributed by atoms with van der Waals surface area (Å²) in [6.07, 6.45) is 0. The molecular formula is C32H31BO2. The minimum Gasteiger partial charge on any atom is -0.457 e. The molecule has 0 amide bonds. The van der Waals surface area contributed by atoms with E-state index in [9.17, 15) is 0 Å². The summed E-state index contributed by atoms with van der Waals surface area (Å²) in [5.74, 6) is 1.83. The molecule has 4 aromatic rings. The number of benzene rings is 4. The Balaban J connectivity index is 1.61. The third-order valence-electron chi connectivity index (χ3n) is 8.35. The molecule has 0 N–H and O–H groups in total. The summed E-state index contributed by atoms with van der Waals surface area (Å²) in [5, 5.41) is 0. The second kappa shape index (κ2) is 7.60. The highest BCUT2D eigenvalue weighted by Crippen LogP contribution is 2.61. The lowest BCUT2D eigenvalue weighted by molar-refractivity contribution is 0.00499. The van der Waals surface area contributed by atoms with Crippen LogP contribution in [0.5, 0.6) is 11.5 Å². The molecule has 2 nitrogen and oxygen atoms in total. The summed E-state index contributed by atoms with van der Waals surface area (Å²) in [6.45, 7) is 11.0. The lowest BCUT2D eigenvalue weighted by Gasteiger charge is -2.41. The van der Waals surface area contributed by atoms with Gasteiger partial charge in [-0.15, -0.1) is 0 Å². The first kappa shape index (κ1) is 22.2. The summed E-state index contributed by atoms with van der Waals surface area (Å²) in [4.78, 5) is 0. The summed E-state index contributed by atoms with van der Waals surface area (Å²) in [6, 6.07) is 32.7. The van der Waals surface area contributed by atoms with Crippen LogP contribution in [-0.2, 0) is 10.1 Å². The first-order chi connectivity index (χ1) is 16.7. The van der Waals surface area contributed by atoms with Gasteiger partial charge in [-0.25, -0.2) is 0 Å². The van der Waals surface area contributed by atoms with Gasteiger partial charge in [-0.05, 0) is 53.0 Å². The van der Waals surface area contributed by atoms with Crippen LogP contribution in [0.4, 0.5) is 0 Å². The van der Waals surface area contributed by atoms with Crippen molar-refractivity contribution in [1.29, 1.82) is 0 Å². The van der Waals surface area contributed by atoms with Crippen LogP contribution in [0, 0.1) is 5.41 Å². The van der Waals surface area contributed by atoms with Crippen molar-refractivity contribution in [3.8, 4) is 22.6 Å². The molecule has 0 fully saturated rings. The molecule has 0 unspecified atom stereocenters. The number of para-hydroxylation sites is 2. The molecule has 35 heavy (non-hydrogen) atoms. The second-order valence-corrected chi connectivity index (χ2v) is 11.3. The Bertz CT molecular complexity index is 1400. The fraction of sp³-hybridized carbons (Fsp3) is 0.250. The van der Waals surface area contributed by atoms with Crippen molar-refractivity contribution in [3.05, 3.63) is 113 Å². The number of hydrogen-bond donors (Lipinski definition) is 0. The number of rotatable bonds is 3. The Hall–Kier alpha value is -3.30. The van der Waals surface area contributed by atoms with E-state index in [1.165, 1.54) is 33.4 Å². The van der Waals surface area contributed by atoms with Gasteiger partial charge < -0.3 is 9.39 Å². The molecule has 0 aromatic heterocycles. The van der Waals surface area contributed by atoms with E-state index >= 15 is 0 Å². The number of hydrogen-bond acceptors (Lipinski definition) is 2. The molecule has 0 saturated heterocycles. The van der Waals surface area contributed by atoms with Gasteiger partial charge in [-0.2, -0.15) is 0 Å². The van der Waals surface area contributed by atoms with Crippen molar-refractivity contribution in [2.24, 2.45) is 5.41 Å². The SMILES string of the molecule is CC(C)(C)C(C)(C)OBc1cccc2c1Oc1ccccc1C21c2ccccc2-c2ccccc21. The van der Waals surface area contributed by atoms with Gasteiger partial charge in [-0.1, -0.05) is 106 Å². The highest BCUT2D eigenvalue weighted by atomic mass is 16.5. The molecular weight excluding hydrogens is 427 g/mol. The molecule has 3 heteroatoms. The van der Waals surface area contributed by atoms with Crippen molar-refractivity contribution in [3.63, 3.8) is 0 Å². The van der Waals surface area contributed by atoms with Crippen LogP contribution in [0.25, 0.3) is 11.1 Å². The molecule has 0 bridgehead atoms. The fourth-order valence-electron chi connectivity index (χ4n) is 5.52. The smallest absolute Gasteiger partial charge is 0.313 e. The maximum absolute atomic E-state index is 6.70. The van der Waals surface area contributed by atoms with Gasteiger partial charge in [0.15, 0.2) is 0 Å². The van der Waals surface area contributed by atoms with Crippen LogP contribution >= 0.6 is 0 Å². The summed E-state index contributed by atoms with van der Waals surface area (Å²) < 4.78 is 13.2. The zero-order valence-corrected chi connectivity index (χ0v) is 21.2. The topological polar surface area (TPSA) is 18.5 Å². The quantitative estimate of drug-likeness (QED) is 0.267. The Morgan fingerprint density at radius 1 is 0.629 bits per heavy atom. The minimum absolute atomic E-state index is 0.0137. The van der Waals surface area contributed by atoms with Crippen LogP contribution in [0.2, 0.25) is 0 Å². The first-order valence-electron chi connectivity index (χ1n) is 12.5. The van der Waals surface area contributed by atoms with E-state index in [1.807, 2.05) is 0 Å². The van der Waals surface area contributed by atoms with Gasteiger partial charge in [0, 0.05) is 11.1 Å².